The maximum atomic E-state index is 13.0. The third kappa shape index (κ3) is 4.77. The van der Waals surface area contributed by atoms with Crippen LogP contribution in [0.15, 0.2) is 47.3 Å². The van der Waals surface area contributed by atoms with Gasteiger partial charge in [-0.1, -0.05) is 23.7 Å². The molecule has 0 radical (unpaired) electrons. The lowest BCUT2D eigenvalue weighted by Gasteiger charge is -2.14. The number of ether oxygens (including phenoxy) is 1. The van der Waals surface area contributed by atoms with E-state index in [0.29, 0.717) is 5.02 Å². The van der Waals surface area contributed by atoms with Crippen molar-refractivity contribution in [3.05, 3.63) is 69.1 Å². The predicted molar refractivity (Wildman–Crippen MR) is 116 cm³/mol. The molecule has 2 aromatic carbocycles. The number of para-hydroxylation sites is 1. The topological polar surface area (TPSA) is 178 Å². The van der Waals surface area contributed by atoms with Crippen molar-refractivity contribution in [3.8, 4) is 0 Å². The number of nitrogens with one attached hydrogen (secondary N) is 2. The number of H-pyrrole nitrogens is 1. The summed E-state index contributed by atoms with van der Waals surface area (Å²) in [6.07, 6.45) is 0. The van der Waals surface area contributed by atoms with E-state index in [0.717, 1.165) is 7.11 Å². The van der Waals surface area contributed by atoms with Crippen LogP contribution in [-0.2, 0) is 23.9 Å². The van der Waals surface area contributed by atoms with Crippen LogP contribution >= 0.6 is 11.6 Å². The second-order valence-corrected chi connectivity index (χ2v) is 7.07. The number of primary amides is 1. The number of nitrogens with two attached hydrogens (primary N) is 1. The molecule has 0 aliphatic carbocycles. The van der Waals surface area contributed by atoms with Gasteiger partial charge in [-0.3, -0.25) is 24.0 Å². The second kappa shape index (κ2) is 9.40. The van der Waals surface area contributed by atoms with Gasteiger partial charge in [-0.15, -0.1) is 0 Å². The SMILES string of the molecule is COC(=O)C(=O)C(C(=O)C(=O)Nc1ccccc1C(N)=O)c1nc2ccc(Cl)cc2[nH]c1=O. The Labute approximate surface area is 189 Å². The van der Waals surface area contributed by atoms with Gasteiger partial charge in [0.25, 0.3) is 23.2 Å². The standard InChI is InChI=1S/C21H15ClN4O7/c1-33-21(32)17(28)14(15-19(30)26-13-8-9(22)6-7-12(13)24-15)16(27)20(31)25-11-5-3-2-4-10(11)18(23)29/h2-8,14H,1H3,(H2,23,29)(H,25,31)(H,26,30). The van der Waals surface area contributed by atoms with Crippen LogP contribution in [0.4, 0.5) is 5.69 Å². The number of ketones is 2. The number of halogens is 1. The van der Waals surface area contributed by atoms with Gasteiger partial charge >= 0.3 is 5.97 Å². The van der Waals surface area contributed by atoms with Gasteiger partial charge in [0.05, 0.1) is 29.4 Å². The van der Waals surface area contributed by atoms with Gasteiger partial charge in [0, 0.05) is 5.02 Å². The number of rotatable bonds is 7. The molecule has 1 aromatic heterocycles. The van der Waals surface area contributed by atoms with Crippen LogP contribution in [0.3, 0.4) is 0 Å². The molecule has 12 heteroatoms. The molecule has 4 N–H and O–H groups in total. The number of carbonyl (C=O) groups excluding carboxylic acids is 5. The first kappa shape index (κ1) is 23.3. The Morgan fingerprint density at radius 1 is 1.09 bits per heavy atom. The van der Waals surface area contributed by atoms with Crippen molar-refractivity contribution < 1.29 is 28.7 Å². The highest BCUT2D eigenvalue weighted by molar-refractivity contribution is 6.52. The Kier molecular flexibility index (Phi) is 6.64. The van der Waals surface area contributed by atoms with E-state index >= 15 is 0 Å². The Balaban J connectivity index is 2.07. The lowest BCUT2D eigenvalue weighted by molar-refractivity contribution is -0.154. The summed E-state index contributed by atoms with van der Waals surface area (Å²) in [7, 11) is 0.894. The van der Waals surface area contributed by atoms with E-state index in [2.05, 4.69) is 20.0 Å². The number of hydrogen-bond donors (Lipinski definition) is 3. The fourth-order valence-corrected chi connectivity index (χ4v) is 3.15. The number of aromatic amines is 1. The van der Waals surface area contributed by atoms with Crippen molar-refractivity contribution in [1.82, 2.24) is 9.97 Å². The molecule has 1 unspecified atom stereocenters. The molecule has 0 saturated carbocycles. The molecule has 2 amide bonds. The Morgan fingerprint density at radius 2 is 1.79 bits per heavy atom. The average molecular weight is 471 g/mol. The van der Waals surface area contributed by atoms with Gasteiger partial charge in [0.15, 0.2) is 0 Å². The maximum absolute atomic E-state index is 13.0. The molecule has 11 nitrogen and oxygen atoms in total. The molecule has 1 heterocycles. The highest BCUT2D eigenvalue weighted by Crippen LogP contribution is 2.21. The molecule has 3 rings (SSSR count). The van der Waals surface area contributed by atoms with E-state index in [-0.39, 0.29) is 22.3 Å². The van der Waals surface area contributed by atoms with E-state index in [1.165, 1.54) is 42.5 Å². The summed E-state index contributed by atoms with van der Waals surface area (Å²) in [5.74, 6) is -8.89. The normalized spacial score (nSPS) is 11.5. The first-order chi connectivity index (χ1) is 15.6. The third-order valence-corrected chi connectivity index (χ3v) is 4.76. The van der Waals surface area contributed by atoms with Crippen LogP contribution in [0, 0.1) is 0 Å². The van der Waals surface area contributed by atoms with E-state index in [1.54, 1.807) is 0 Å². The minimum Gasteiger partial charge on any atom is -0.463 e. The number of anilines is 1. The first-order valence-electron chi connectivity index (χ1n) is 9.19. The molecule has 0 aliphatic rings. The number of methoxy groups -OCH3 is 1. The summed E-state index contributed by atoms with van der Waals surface area (Å²) >= 11 is 5.88. The number of nitrogens with zero attached hydrogens (tertiary/aromatic N) is 1. The largest absolute Gasteiger partial charge is 0.463 e. The third-order valence-electron chi connectivity index (χ3n) is 4.53. The number of Topliss-reactive ketones (excluding diaryl/α,β-unsaturated/α-hetero) is 2. The highest BCUT2D eigenvalue weighted by Gasteiger charge is 2.40. The molecular weight excluding hydrogens is 456 g/mol. The monoisotopic (exact) mass is 470 g/mol. The molecule has 168 valence electrons. The van der Waals surface area contributed by atoms with Crippen LogP contribution < -0.4 is 16.6 Å². The van der Waals surface area contributed by atoms with Crippen molar-refractivity contribution >= 4 is 57.7 Å². The number of amides is 2. The van der Waals surface area contributed by atoms with Gasteiger partial charge in [0.2, 0.25) is 5.78 Å². The van der Waals surface area contributed by atoms with Crippen molar-refractivity contribution in [3.63, 3.8) is 0 Å². The molecule has 1 atom stereocenters. The van der Waals surface area contributed by atoms with Crippen molar-refractivity contribution in [2.75, 3.05) is 12.4 Å². The lowest BCUT2D eigenvalue weighted by Crippen LogP contribution is -2.39. The van der Waals surface area contributed by atoms with Crippen LogP contribution in [0.1, 0.15) is 22.0 Å². The van der Waals surface area contributed by atoms with Gasteiger partial charge in [0.1, 0.15) is 11.6 Å². The summed E-state index contributed by atoms with van der Waals surface area (Å²) in [5, 5.41) is 2.46. The molecule has 0 spiro atoms. The number of aromatic nitrogens is 2. The average Bonchev–Trinajstić information content (AvgIpc) is 2.78. The number of benzene rings is 2. The number of esters is 1. The number of fused-ring (bicyclic) bond motifs is 1. The first-order valence-corrected chi connectivity index (χ1v) is 9.57. The van der Waals surface area contributed by atoms with Crippen molar-refractivity contribution in [2.45, 2.75) is 5.92 Å². The zero-order chi connectivity index (χ0) is 24.3. The van der Waals surface area contributed by atoms with Crippen LogP contribution in [-0.4, -0.2) is 46.4 Å². The van der Waals surface area contributed by atoms with Gasteiger partial charge in [-0.05, 0) is 30.3 Å². The molecule has 0 saturated heterocycles. The lowest BCUT2D eigenvalue weighted by atomic mass is 9.94. The molecule has 3 aromatic rings. The van der Waals surface area contributed by atoms with E-state index in [4.69, 9.17) is 17.3 Å². The zero-order valence-electron chi connectivity index (χ0n) is 16.9. The van der Waals surface area contributed by atoms with Crippen LogP contribution in [0.2, 0.25) is 5.02 Å². The fourth-order valence-electron chi connectivity index (χ4n) is 2.98. The molecule has 0 fully saturated rings. The summed E-state index contributed by atoms with van der Waals surface area (Å²) in [6, 6.07) is 9.79. The Hall–Kier alpha value is -4.38. The molecule has 0 bridgehead atoms. The summed E-state index contributed by atoms with van der Waals surface area (Å²) in [5.41, 5.74) is 3.70. The van der Waals surface area contributed by atoms with Crippen LogP contribution in [0.5, 0.6) is 0 Å². The molecular formula is C21H15ClN4O7. The van der Waals surface area contributed by atoms with E-state index < -0.39 is 46.5 Å². The summed E-state index contributed by atoms with van der Waals surface area (Å²) in [6.45, 7) is 0. The smallest absolute Gasteiger partial charge is 0.375 e. The van der Waals surface area contributed by atoms with Crippen molar-refractivity contribution in [1.29, 1.82) is 0 Å². The van der Waals surface area contributed by atoms with Gasteiger partial charge < -0.3 is 20.8 Å². The summed E-state index contributed by atoms with van der Waals surface area (Å²) in [4.78, 5) is 80.7. The quantitative estimate of drug-likeness (QED) is 0.256. The molecule has 0 aliphatic heterocycles. The Morgan fingerprint density at radius 3 is 2.45 bits per heavy atom. The molecule has 33 heavy (non-hydrogen) atoms. The maximum Gasteiger partial charge on any atom is 0.375 e. The number of carbonyl (C=O) groups is 5. The van der Waals surface area contributed by atoms with Gasteiger partial charge in [-0.25, -0.2) is 9.78 Å². The number of hydrogen-bond acceptors (Lipinski definition) is 8. The predicted octanol–water partition coefficient (Wildman–Crippen LogP) is 0.709. The summed E-state index contributed by atoms with van der Waals surface area (Å²) < 4.78 is 4.37. The van der Waals surface area contributed by atoms with Crippen LogP contribution in [0.25, 0.3) is 11.0 Å². The van der Waals surface area contributed by atoms with E-state index in [9.17, 15) is 28.8 Å². The van der Waals surface area contributed by atoms with E-state index in [1.807, 2.05) is 0 Å². The highest BCUT2D eigenvalue weighted by atomic mass is 35.5. The zero-order valence-corrected chi connectivity index (χ0v) is 17.6. The Bertz CT molecular complexity index is 1380. The minimum atomic E-state index is -2.21. The second-order valence-electron chi connectivity index (χ2n) is 6.63. The van der Waals surface area contributed by atoms with Gasteiger partial charge in [-0.2, -0.15) is 0 Å². The minimum absolute atomic E-state index is 0.104. The van der Waals surface area contributed by atoms with Crippen molar-refractivity contribution in [2.24, 2.45) is 5.73 Å². The fraction of sp³-hybridized carbons (Fsp3) is 0.0952.